The molecule has 0 saturated heterocycles. The zero-order chi connectivity index (χ0) is 13.1. The number of nitrogens with two attached hydrogens (primary N) is 1. The van der Waals surface area contributed by atoms with Crippen LogP contribution in [0.2, 0.25) is 0 Å². The van der Waals surface area contributed by atoms with E-state index in [1.54, 1.807) is 0 Å². The van der Waals surface area contributed by atoms with Crippen molar-refractivity contribution in [2.24, 2.45) is 17.1 Å². The summed E-state index contributed by atoms with van der Waals surface area (Å²) in [5.41, 5.74) is 5.80. The van der Waals surface area contributed by atoms with Gasteiger partial charge in [-0.05, 0) is 30.6 Å². The third-order valence-electron chi connectivity index (χ3n) is 4.17. The highest BCUT2D eigenvalue weighted by Crippen LogP contribution is 2.30. The highest BCUT2D eigenvalue weighted by molar-refractivity contribution is 5.77. The van der Waals surface area contributed by atoms with Gasteiger partial charge < -0.3 is 10.6 Å². The van der Waals surface area contributed by atoms with E-state index in [1.807, 2.05) is 4.90 Å². The van der Waals surface area contributed by atoms with Gasteiger partial charge in [-0.15, -0.1) is 0 Å². The monoisotopic (exact) mass is 240 g/mol. The van der Waals surface area contributed by atoms with E-state index in [0.717, 1.165) is 19.4 Å². The quantitative estimate of drug-likeness (QED) is 0.802. The first-order valence-electron chi connectivity index (χ1n) is 6.85. The van der Waals surface area contributed by atoms with Crippen LogP contribution in [0.4, 0.5) is 0 Å². The van der Waals surface area contributed by atoms with Crippen LogP contribution >= 0.6 is 0 Å². The van der Waals surface area contributed by atoms with Crippen LogP contribution in [0.15, 0.2) is 0 Å². The third kappa shape index (κ3) is 3.98. The van der Waals surface area contributed by atoms with Crippen LogP contribution in [-0.4, -0.2) is 29.9 Å². The van der Waals surface area contributed by atoms with E-state index in [1.165, 1.54) is 6.42 Å². The van der Waals surface area contributed by atoms with Crippen molar-refractivity contribution in [2.75, 3.05) is 13.1 Å². The normalized spacial score (nSPS) is 18.6. The Labute approximate surface area is 106 Å². The summed E-state index contributed by atoms with van der Waals surface area (Å²) in [6, 6.07) is 0.471. The maximum atomic E-state index is 12.3. The summed E-state index contributed by atoms with van der Waals surface area (Å²) in [6.07, 6.45) is 4.24. The van der Waals surface area contributed by atoms with E-state index in [2.05, 4.69) is 27.7 Å². The molecule has 0 spiro atoms. The molecule has 0 aromatic carbocycles. The van der Waals surface area contributed by atoms with Crippen molar-refractivity contribution in [3.8, 4) is 0 Å². The van der Waals surface area contributed by atoms with Gasteiger partial charge >= 0.3 is 0 Å². The summed E-state index contributed by atoms with van der Waals surface area (Å²) in [5.74, 6) is 0.706. The molecule has 0 heterocycles. The van der Waals surface area contributed by atoms with Crippen LogP contribution in [0.3, 0.4) is 0 Å². The van der Waals surface area contributed by atoms with Crippen molar-refractivity contribution < 1.29 is 4.79 Å². The first kappa shape index (κ1) is 14.5. The van der Waals surface area contributed by atoms with E-state index in [4.69, 9.17) is 5.73 Å². The Balaban J connectivity index is 2.53. The Morgan fingerprint density at radius 1 is 1.41 bits per heavy atom. The summed E-state index contributed by atoms with van der Waals surface area (Å²) in [5, 5.41) is 0. The molecule has 3 heteroatoms. The van der Waals surface area contributed by atoms with Crippen LogP contribution in [-0.2, 0) is 4.79 Å². The number of hydrogen-bond donors (Lipinski definition) is 1. The van der Waals surface area contributed by atoms with E-state index < -0.39 is 0 Å². The Bertz CT molecular complexity index is 253. The lowest BCUT2D eigenvalue weighted by atomic mass is 9.79. The minimum Gasteiger partial charge on any atom is -0.338 e. The molecule has 1 amide bonds. The number of nitrogens with zero attached hydrogens (tertiary/aromatic N) is 1. The maximum Gasteiger partial charge on any atom is 0.223 e. The van der Waals surface area contributed by atoms with Gasteiger partial charge in [-0.2, -0.15) is 0 Å². The number of amides is 1. The van der Waals surface area contributed by atoms with Crippen molar-refractivity contribution in [2.45, 2.75) is 59.4 Å². The van der Waals surface area contributed by atoms with Gasteiger partial charge in [-0.25, -0.2) is 0 Å². The third-order valence-corrected chi connectivity index (χ3v) is 4.17. The van der Waals surface area contributed by atoms with E-state index in [-0.39, 0.29) is 5.41 Å². The lowest BCUT2D eigenvalue weighted by Crippen LogP contribution is -2.47. The Morgan fingerprint density at radius 3 is 2.35 bits per heavy atom. The summed E-state index contributed by atoms with van der Waals surface area (Å²) in [4.78, 5) is 14.3. The second kappa shape index (κ2) is 5.85. The number of carbonyl (C=O) groups excluding carboxylic acids is 1. The lowest BCUT2D eigenvalue weighted by Gasteiger charge is -2.39. The smallest absolute Gasteiger partial charge is 0.223 e. The highest BCUT2D eigenvalue weighted by atomic mass is 16.2. The number of carbonyl (C=O) groups is 1. The molecule has 2 N–H and O–H groups in total. The van der Waals surface area contributed by atoms with E-state index in [0.29, 0.717) is 30.8 Å². The fraction of sp³-hybridized carbons (Fsp3) is 0.929. The number of rotatable bonds is 5. The molecule has 0 aromatic heterocycles. The molecule has 100 valence electrons. The van der Waals surface area contributed by atoms with Gasteiger partial charge in [0.2, 0.25) is 5.91 Å². The zero-order valence-corrected chi connectivity index (χ0v) is 11.8. The zero-order valence-electron chi connectivity index (χ0n) is 11.8. The molecule has 3 nitrogen and oxygen atoms in total. The molecule has 0 aliphatic heterocycles. The molecular formula is C14H28N2O. The van der Waals surface area contributed by atoms with Gasteiger partial charge in [0.15, 0.2) is 0 Å². The van der Waals surface area contributed by atoms with E-state index in [9.17, 15) is 4.79 Å². The van der Waals surface area contributed by atoms with Gasteiger partial charge in [0.05, 0.1) is 0 Å². The summed E-state index contributed by atoms with van der Waals surface area (Å²) in [6.45, 7) is 10.1. The number of hydrogen-bond acceptors (Lipinski definition) is 2. The predicted molar refractivity (Wildman–Crippen MR) is 71.6 cm³/mol. The minimum atomic E-state index is 0.198. The summed E-state index contributed by atoms with van der Waals surface area (Å²) in [7, 11) is 0. The van der Waals surface area contributed by atoms with Crippen LogP contribution in [0.5, 0.6) is 0 Å². The van der Waals surface area contributed by atoms with Gasteiger partial charge in [-0.1, -0.05) is 27.7 Å². The molecule has 1 aliphatic rings. The van der Waals surface area contributed by atoms with Crippen molar-refractivity contribution in [3.63, 3.8) is 0 Å². The van der Waals surface area contributed by atoms with Crippen LogP contribution in [0.25, 0.3) is 0 Å². The van der Waals surface area contributed by atoms with Crippen molar-refractivity contribution in [1.82, 2.24) is 4.90 Å². The first-order chi connectivity index (χ1) is 7.86. The molecule has 1 atom stereocenters. The molecule has 1 rings (SSSR count). The highest BCUT2D eigenvalue weighted by Gasteiger charge is 2.30. The topological polar surface area (TPSA) is 46.3 Å². The van der Waals surface area contributed by atoms with Crippen molar-refractivity contribution >= 4 is 5.91 Å². The second-order valence-corrected chi connectivity index (χ2v) is 6.43. The molecule has 1 saturated carbocycles. The largest absolute Gasteiger partial charge is 0.338 e. The van der Waals surface area contributed by atoms with Gasteiger partial charge in [0, 0.05) is 25.6 Å². The Hall–Kier alpha value is -0.570. The van der Waals surface area contributed by atoms with Crippen molar-refractivity contribution in [3.05, 3.63) is 0 Å². The van der Waals surface area contributed by atoms with Gasteiger partial charge in [0.1, 0.15) is 0 Å². The molecule has 17 heavy (non-hydrogen) atoms. The van der Waals surface area contributed by atoms with Crippen LogP contribution < -0.4 is 5.73 Å². The van der Waals surface area contributed by atoms with Crippen molar-refractivity contribution in [1.29, 1.82) is 0 Å². The SMILES string of the molecule is CC(CC(=O)N(CCN)C1CCC1)C(C)(C)C. The lowest BCUT2D eigenvalue weighted by molar-refractivity contribution is -0.136. The summed E-state index contributed by atoms with van der Waals surface area (Å²) < 4.78 is 0. The molecule has 0 aromatic rings. The second-order valence-electron chi connectivity index (χ2n) is 6.43. The van der Waals surface area contributed by atoms with Gasteiger partial charge in [-0.3, -0.25) is 4.79 Å². The molecule has 0 radical (unpaired) electrons. The molecule has 1 aliphatic carbocycles. The van der Waals surface area contributed by atoms with Crippen LogP contribution in [0, 0.1) is 11.3 Å². The molecule has 0 bridgehead atoms. The molecular weight excluding hydrogens is 212 g/mol. The Kier molecular flexibility index (Phi) is 4.99. The van der Waals surface area contributed by atoms with Gasteiger partial charge in [0.25, 0.3) is 0 Å². The fourth-order valence-corrected chi connectivity index (χ4v) is 2.03. The fourth-order valence-electron chi connectivity index (χ4n) is 2.03. The average Bonchev–Trinajstić information content (AvgIpc) is 2.12. The minimum absolute atomic E-state index is 0.198. The van der Waals surface area contributed by atoms with Crippen LogP contribution in [0.1, 0.15) is 53.4 Å². The maximum absolute atomic E-state index is 12.3. The Morgan fingerprint density at radius 2 is 2.00 bits per heavy atom. The average molecular weight is 240 g/mol. The molecule has 1 unspecified atom stereocenters. The van der Waals surface area contributed by atoms with E-state index >= 15 is 0 Å². The predicted octanol–water partition coefficient (Wildman–Crippen LogP) is 2.40. The molecule has 1 fully saturated rings. The summed E-state index contributed by atoms with van der Waals surface area (Å²) >= 11 is 0. The standard InChI is InChI=1S/C14H28N2O/c1-11(14(2,3)4)10-13(17)16(9-8-15)12-6-5-7-12/h11-12H,5-10,15H2,1-4H3. The first-order valence-corrected chi connectivity index (χ1v) is 6.85.